The van der Waals surface area contributed by atoms with Gasteiger partial charge in [-0.1, -0.05) is 18.2 Å². The summed E-state index contributed by atoms with van der Waals surface area (Å²) >= 11 is 0. The molecule has 2 aromatic carbocycles. The van der Waals surface area contributed by atoms with Gasteiger partial charge in [0.25, 0.3) is 11.2 Å². The van der Waals surface area contributed by atoms with Crippen molar-refractivity contribution in [2.75, 3.05) is 12.0 Å². The summed E-state index contributed by atoms with van der Waals surface area (Å²) < 4.78 is 6.51. The van der Waals surface area contributed by atoms with E-state index >= 15 is 0 Å². The first-order valence-electron chi connectivity index (χ1n) is 9.73. The van der Waals surface area contributed by atoms with E-state index in [0.29, 0.717) is 11.1 Å². The van der Waals surface area contributed by atoms with E-state index in [2.05, 4.69) is 10.5 Å². The summed E-state index contributed by atoms with van der Waals surface area (Å²) in [5.41, 5.74) is 1.98. The monoisotopic (exact) mass is 453 g/mol. The summed E-state index contributed by atoms with van der Waals surface area (Å²) in [6, 6.07) is 11.5. The van der Waals surface area contributed by atoms with Crippen molar-refractivity contribution in [3.63, 3.8) is 0 Å². The van der Waals surface area contributed by atoms with Crippen molar-refractivity contribution in [2.45, 2.75) is 13.3 Å². The largest absolute Gasteiger partial charge is 0.461 e. The van der Waals surface area contributed by atoms with Crippen molar-refractivity contribution < 1.29 is 19.4 Å². The molecule has 0 amide bonds. The van der Waals surface area contributed by atoms with Gasteiger partial charge in [0.2, 0.25) is 0 Å². The lowest BCUT2D eigenvalue weighted by Crippen LogP contribution is -2.24. The van der Waals surface area contributed by atoms with E-state index in [-0.39, 0.29) is 30.0 Å². The first-order valence-corrected chi connectivity index (χ1v) is 9.73. The van der Waals surface area contributed by atoms with E-state index in [0.717, 1.165) is 23.6 Å². The van der Waals surface area contributed by atoms with Gasteiger partial charge in [0.05, 0.1) is 28.0 Å². The second-order valence-corrected chi connectivity index (χ2v) is 6.87. The van der Waals surface area contributed by atoms with Crippen LogP contribution in [0, 0.1) is 20.2 Å². The number of hydrazone groups is 1. The molecule has 0 aliphatic rings. The molecular formula is C21H19N5O7. The Labute approximate surface area is 186 Å². The molecule has 3 rings (SSSR count). The van der Waals surface area contributed by atoms with E-state index in [9.17, 15) is 29.8 Å². The number of carbonyl (C=O) groups excluding carboxylic acids is 1. The van der Waals surface area contributed by atoms with E-state index in [1.54, 1.807) is 38.2 Å². The zero-order valence-corrected chi connectivity index (χ0v) is 17.7. The van der Waals surface area contributed by atoms with Crippen LogP contribution in [0.15, 0.2) is 58.4 Å². The summed E-state index contributed by atoms with van der Waals surface area (Å²) in [5.74, 6) is -0.778. The van der Waals surface area contributed by atoms with Crippen LogP contribution in [-0.2, 0) is 23.0 Å². The van der Waals surface area contributed by atoms with Gasteiger partial charge in [0.15, 0.2) is 0 Å². The molecule has 3 aromatic rings. The first-order chi connectivity index (χ1) is 15.7. The average Bonchev–Trinajstić information content (AvgIpc) is 2.79. The second-order valence-electron chi connectivity index (χ2n) is 6.87. The highest BCUT2D eigenvalue weighted by molar-refractivity contribution is 6.37. The van der Waals surface area contributed by atoms with Crippen LogP contribution in [-0.4, -0.2) is 32.7 Å². The first kappa shape index (κ1) is 23.1. The molecule has 12 heteroatoms. The topological polar surface area (TPSA) is 159 Å². The Bertz CT molecular complexity index is 1350. The normalized spacial score (nSPS) is 11.3. The molecule has 1 heterocycles. The van der Waals surface area contributed by atoms with Crippen LogP contribution in [0.1, 0.15) is 12.5 Å². The minimum atomic E-state index is -0.802. The zero-order valence-electron chi connectivity index (χ0n) is 17.7. The van der Waals surface area contributed by atoms with Crippen LogP contribution in [0.3, 0.4) is 0 Å². The van der Waals surface area contributed by atoms with Gasteiger partial charge in [-0.3, -0.25) is 30.4 Å². The fraction of sp³-hybridized carbons (Fsp3) is 0.190. The molecule has 1 aromatic heterocycles. The SMILES string of the molecule is CCOC(=O)/C(Cc1cc(=O)n(C)c2ccccc12)=N\Nc1ccc([N+](=O)[O-])cc1[N+](=O)[O-]. The van der Waals surface area contributed by atoms with E-state index in [1.165, 1.54) is 10.6 Å². The number of nitrogens with one attached hydrogen (secondary N) is 1. The molecule has 12 nitrogen and oxygen atoms in total. The molecule has 0 unspecified atom stereocenters. The number of para-hydroxylation sites is 1. The van der Waals surface area contributed by atoms with Crippen LogP contribution < -0.4 is 11.0 Å². The summed E-state index contributed by atoms with van der Waals surface area (Å²) in [6.07, 6.45) is -0.0940. The predicted octanol–water partition coefficient (Wildman–Crippen LogP) is 2.93. The quantitative estimate of drug-likeness (QED) is 0.236. The maximum Gasteiger partial charge on any atom is 0.354 e. The molecule has 0 saturated heterocycles. The molecule has 0 saturated carbocycles. The van der Waals surface area contributed by atoms with Gasteiger partial charge in [0.1, 0.15) is 11.4 Å². The Kier molecular flexibility index (Phi) is 6.77. The number of nitro benzene ring substituents is 2. The summed E-state index contributed by atoms with van der Waals surface area (Å²) in [7, 11) is 1.63. The minimum Gasteiger partial charge on any atom is -0.461 e. The highest BCUT2D eigenvalue weighted by atomic mass is 16.6. The van der Waals surface area contributed by atoms with Gasteiger partial charge in [0, 0.05) is 31.0 Å². The summed E-state index contributed by atoms with van der Waals surface area (Å²) in [6.45, 7) is 1.67. The van der Waals surface area contributed by atoms with Crippen LogP contribution in [0.25, 0.3) is 10.9 Å². The van der Waals surface area contributed by atoms with Gasteiger partial charge < -0.3 is 9.30 Å². The van der Waals surface area contributed by atoms with Crippen LogP contribution in [0.2, 0.25) is 0 Å². The van der Waals surface area contributed by atoms with Crippen LogP contribution in [0.5, 0.6) is 0 Å². The lowest BCUT2D eigenvalue weighted by molar-refractivity contribution is -0.393. The molecule has 1 N–H and O–H groups in total. The van der Waals surface area contributed by atoms with Gasteiger partial charge in [-0.2, -0.15) is 5.10 Å². The Morgan fingerprint density at radius 1 is 1.12 bits per heavy atom. The van der Waals surface area contributed by atoms with Crippen molar-refractivity contribution in [3.05, 3.63) is 84.7 Å². The molecule has 0 aliphatic carbocycles. The number of ether oxygens (including phenoxy) is 1. The lowest BCUT2D eigenvalue weighted by Gasteiger charge is -2.12. The maximum absolute atomic E-state index is 12.5. The number of nitro groups is 2. The number of fused-ring (bicyclic) bond motifs is 1. The number of benzene rings is 2. The van der Waals surface area contributed by atoms with Gasteiger partial charge >= 0.3 is 11.7 Å². The number of pyridine rings is 1. The summed E-state index contributed by atoms with van der Waals surface area (Å²) in [4.78, 5) is 45.6. The van der Waals surface area contributed by atoms with Gasteiger partial charge in [-0.15, -0.1) is 0 Å². The molecular weight excluding hydrogens is 434 g/mol. The van der Waals surface area contributed by atoms with Crippen LogP contribution in [0.4, 0.5) is 17.1 Å². The number of aromatic nitrogens is 1. The molecule has 0 bridgehead atoms. The van der Waals surface area contributed by atoms with E-state index in [4.69, 9.17) is 4.74 Å². The molecule has 0 fully saturated rings. The third-order valence-electron chi connectivity index (χ3n) is 4.81. The molecule has 33 heavy (non-hydrogen) atoms. The highest BCUT2D eigenvalue weighted by Gasteiger charge is 2.21. The average molecular weight is 453 g/mol. The zero-order chi connectivity index (χ0) is 24.1. The number of hydrogen-bond acceptors (Lipinski definition) is 9. The van der Waals surface area contributed by atoms with Crippen molar-refractivity contribution >= 4 is 39.6 Å². The fourth-order valence-electron chi connectivity index (χ4n) is 3.19. The second kappa shape index (κ2) is 9.68. The van der Waals surface area contributed by atoms with Gasteiger partial charge in [-0.25, -0.2) is 4.79 Å². The standard InChI is InChI=1S/C21H19N5O7/c1-3-33-21(28)17(10-13-11-20(27)24(2)18-7-5-4-6-15(13)18)23-22-16-9-8-14(25(29)30)12-19(16)26(31)32/h4-9,11-12,22H,3,10H2,1-2H3/b23-17-. The fourth-order valence-corrected chi connectivity index (χ4v) is 3.19. The number of nitrogens with zero attached hydrogens (tertiary/aromatic N) is 4. The Morgan fingerprint density at radius 3 is 2.52 bits per heavy atom. The number of aryl methyl sites for hydroxylation is 1. The molecule has 170 valence electrons. The van der Waals surface area contributed by atoms with Crippen molar-refractivity contribution in [1.82, 2.24) is 4.57 Å². The maximum atomic E-state index is 12.5. The summed E-state index contributed by atoms with van der Waals surface area (Å²) in [5, 5.41) is 27.0. The number of non-ortho nitro benzene ring substituents is 1. The number of carbonyl (C=O) groups is 1. The van der Waals surface area contributed by atoms with E-state index < -0.39 is 27.2 Å². The van der Waals surface area contributed by atoms with Crippen molar-refractivity contribution in [1.29, 1.82) is 0 Å². The highest BCUT2D eigenvalue weighted by Crippen LogP contribution is 2.29. The predicted molar refractivity (Wildman–Crippen MR) is 120 cm³/mol. The number of rotatable bonds is 8. The third-order valence-corrected chi connectivity index (χ3v) is 4.81. The van der Waals surface area contributed by atoms with E-state index in [1.807, 2.05) is 0 Å². The van der Waals surface area contributed by atoms with Crippen LogP contribution >= 0.6 is 0 Å². The molecule has 0 radical (unpaired) electrons. The number of anilines is 1. The smallest absolute Gasteiger partial charge is 0.354 e. The number of esters is 1. The molecule has 0 aliphatic heterocycles. The Morgan fingerprint density at radius 2 is 1.85 bits per heavy atom. The molecule has 0 spiro atoms. The molecule has 0 atom stereocenters. The van der Waals surface area contributed by atoms with Gasteiger partial charge in [-0.05, 0) is 24.6 Å². The Balaban J connectivity index is 2.04. The minimum absolute atomic E-state index is 0.0623. The lowest BCUT2D eigenvalue weighted by atomic mass is 10.0. The Hall–Kier alpha value is -4.61. The van der Waals surface area contributed by atoms with Crippen molar-refractivity contribution in [2.24, 2.45) is 12.1 Å². The number of hydrogen-bond donors (Lipinski definition) is 1. The van der Waals surface area contributed by atoms with Crippen molar-refractivity contribution in [3.8, 4) is 0 Å². The third kappa shape index (κ3) is 5.01.